The van der Waals surface area contributed by atoms with Gasteiger partial charge in [-0.05, 0) is 25.7 Å². The lowest BCUT2D eigenvalue weighted by Gasteiger charge is -2.09. The van der Waals surface area contributed by atoms with Crippen molar-refractivity contribution < 1.29 is 9.53 Å². The Hall–Kier alpha value is -1.54. The normalized spacial score (nSPS) is 15.7. The molecule has 21 heavy (non-hydrogen) atoms. The minimum absolute atomic E-state index is 0.147. The van der Waals surface area contributed by atoms with Crippen LogP contribution in [0, 0.1) is 11.3 Å². The quantitative estimate of drug-likeness (QED) is 0.368. The fourth-order valence-electron chi connectivity index (χ4n) is 2.26. The van der Waals surface area contributed by atoms with E-state index < -0.39 is 0 Å². The van der Waals surface area contributed by atoms with Gasteiger partial charge < -0.3 is 15.4 Å². The molecule has 0 bridgehead atoms. The van der Waals surface area contributed by atoms with E-state index >= 15 is 0 Å². The van der Waals surface area contributed by atoms with E-state index in [1.807, 2.05) is 6.07 Å². The number of hydrogen-bond acceptors (Lipinski definition) is 4. The van der Waals surface area contributed by atoms with E-state index in [9.17, 15) is 4.79 Å². The first-order chi connectivity index (χ1) is 10.3. The molecule has 0 aromatic rings. The average molecular weight is 293 g/mol. The highest BCUT2D eigenvalue weighted by Crippen LogP contribution is 2.17. The first-order valence-corrected chi connectivity index (χ1v) is 8.00. The van der Waals surface area contributed by atoms with E-state index in [2.05, 4.69) is 17.6 Å². The van der Waals surface area contributed by atoms with Crippen molar-refractivity contribution in [3.63, 3.8) is 0 Å². The fraction of sp³-hybridized carbons (Fsp3) is 0.750. The Labute approximate surface area is 127 Å². The number of carbonyl (C=O) groups is 1. The molecule has 0 radical (unpaired) electrons. The number of nitriles is 1. The molecule has 1 rings (SSSR count). The van der Waals surface area contributed by atoms with E-state index in [1.165, 1.54) is 12.8 Å². The van der Waals surface area contributed by atoms with Crippen LogP contribution in [-0.4, -0.2) is 31.7 Å². The second kappa shape index (κ2) is 11.2. The summed E-state index contributed by atoms with van der Waals surface area (Å²) < 4.78 is 5.41. The number of rotatable bonds is 10. The van der Waals surface area contributed by atoms with Crippen LogP contribution in [0.1, 0.15) is 51.9 Å². The van der Waals surface area contributed by atoms with Crippen LogP contribution >= 0.6 is 0 Å². The maximum atomic E-state index is 11.8. The van der Waals surface area contributed by atoms with Crippen LogP contribution in [0.25, 0.3) is 0 Å². The summed E-state index contributed by atoms with van der Waals surface area (Å²) in [5.41, 5.74) is 0.147. The summed E-state index contributed by atoms with van der Waals surface area (Å²) in [7, 11) is 0. The van der Waals surface area contributed by atoms with Gasteiger partial charge in [0, 0.05) is 32.0 Å². The minimum atomic E-state index is -0.309. The number of nitrogens with zero attached hydrogens (tertiary/aromatic N) is 1. The maximum absolute atomic E-state index is 11.8. The first kappa shape index (κ1) is 17.5. The molecular formula is C16H27N3O2. The molecule has 0 aliphatic heterocycles. The Balaban J connectivity index is 2.16. The van der Waals surface area contributed by atoms with Gasteiger partial charge in [0.15, 0.2) is 0 Å². The van der Waals surface area contributed by atoms with Gasteiger partial charge in [0.2, 0.25) is 0 Å². The molecule has 0 aromatic heterocycles. The Morgan fingerprint density at radius 2 is 2.05 bits per heavy atom. The molecule has 0 spiro atoms. The molecule has 0 atom stereocenters. The molecule has 2 N–H and O–H groups in total. The van der Waals surface area contributed by atoms with Gasteiger partial charge in [-0.1, -0.05) is 26.2 Å². The zero-order valence-electron chi connectivity index (χ0n) is 13.0. The number of hydrogen-bond donors (Lipinski definition) is 2. The monoisotopic (exact) mass is 293 g/mol. The predicted molar refractivity (Wildman–Crippen MR) is 82.4 cm³/mol. The van der Waals surface area contributed by atoms with E-state index in [-0.39, 0.29) is 11.5 Å². The van der Waals surface area contributed by atoms with Crippen molar-refractivity contribution in [3.8, 4) is 6.07 Å². The fourth-order valence-corrected chi connectivity index (χ4v) is 2.26. The van der Waals surface area contributed by atoms with Gasteiger partial charge in [-0.15, -0.1) is 0 Å². The molecule has 0 heterocycles. The average Bonchev–Trinajstić information content (AvgIpc) is 3.00. The van der Waals surface area contributed by atoms with E-state index in [4.69, 9.17) is 10.00 Å². The van der Waals surface area contributed by atoms with Crippen molar-refractivity contribution in [1.29, 1.82) is 5.26 Å². The first-order valence-electron chi connectivity index (χ1n) is 8.00. The highest BCUT2D eigenvalue weighted by molar-refractivity contribution is 5.97. The van der Waals surface area contributed by atoms with E-state index in [0.29, 0.717) is 19.2 Å². The van der Waals surface area contributed by atoms with Crippen LogP contribution in [-0.2, 0) is 9.53 Å². The summed E-state index contributed by atoms with van der Waals surface area (Å²) in [4.78, 5) is 11.8. The summed E-state index contributed by atoms with van der Waals surface area (Å²) in [5.74, 6) is -0.309. The van der Waals surface area contributed by atoms with Crippen molar-refractivity contribution in [2.24, 2.45) is 0 Å². The Morgan fingerprint density at radius 3 is 2.71 bits per heavy atom. The van der Waals surface area contributed by atoms with Crippen LogP contribution in [0.3, 0.4) is 0 Å². The van der Waals surface area contributed by atoms with Crippen LogP contribution in [0.4, 0.5) is 0 Å². The topological polar surface area (TPSA) is 74.1 Å². The minimum Gasteiger partial charge on any atom is -0.387 e. The summed E-state index contributed by atoms with van der Waals surface area (Å²) in [6.07, 6.45) is 9.20. The van der Waals surface area contributed by atoms with Crippen molar-refractivity contribution in [3.05, 3.63) is 11.8 Å². The lowest BCUT2D eigenvalue weighted by atomic mass is 10.2. The van der Waals surface area contributed by atoms with Crippen molar-refractivity contribution in [2.45, 2.75) is 57.9 Å². The number of nitrogens with one attached hydrogen (secondary N) is 2. The van der Waals surface area contributed by atoms with Gasteiger partial charge in [-0.2, -0.15) is 5.26 Å². The SMILES string of the molecule is CCCCOCCCNC(=O)/C(C#N)=C\NC1CCCC1. The summed E-state index contributed by atoms with van der Waals surface area (Å²) in [5, 5.41) is 14.9. The molecule has 118 valence electrons. The second-order valence-electron chi connectivity index (χ2n) is 5.39. The molecule has 0 saturated heterocycles. The van der Waals surface area contributed by atoms with Gasteiger partial charge in [-0.3, -0.25) is 4.79 Å². The number of amides is 1. The van der Waals surface area contributed by atoms with Gasteiger partial charge in [0.1, 0.15) is 11.6 Å². The summed E-state index contributed by atoms with van der Waals surface area (Å²) in [6.45, 7) is 4.08. The molecule has 1 aliphatic rings. The standard InChI is InChI=1S/C16H27N3O2/c1-2-3-10-21-11-6-9-18-16(20)14(12-17)13-19-15-7-4-5-8-15/h13,15,19H,2-11H2,1H3,(H,18,20)/b14-13-. The van der Waals surface area contributed by atoms with Crippen LogP contribution in [0.15, 0.2) is 11.8 Å². The van der Waals surface area contributed by atoms with Gasteiger partial charge in [0.25, 0.3) is 5.91 Å². The van der Waals surface area contributed by atoms with Gasteiger partial charge in [0.05, 0.1) is 0 Å². The third-order valence-electron chi connectivity index (χ3n) is 3.58. The number of ether oxygens (including phenoxy) is 1. The van der Waals surface area contributed by atoms with Gasteiger partial charge in [-0.25, -0.2) is 0 Å². The molecule has 1 amide bonds. The van der Waals surface area contributed by atoms with Crippen LogP contribution < -0.4 is 10.6 Å². The molecule has 1 saturated carbocycles. The molecule has 0 unspecified atom stereocenters. The highest BCUT2D eigenvalue weighted by Gasteiger charge is 2.14. The molecule has 5 heteroatoms. The predicted octanol–water partition coefficient (Wildman–Crippen LogP) is 2.25. The lowest BCUT2D eigenvalue weighted by molar-refractivity contribution is -0.117. The van der Waals surface area contributed by atoms with Crippen LogP contribution in [0.2, 0.25) is 0 Å². The van der Waals surface area contributed by atoms with Crippen molar-refractivity contribution >= 4 is 5.91 Å². The smallest absolute Gasteiger partial charge is 0.263 e. The lowest BCUT2D eigenvalue weighted by Crippen LogP contribution is -2.28. The molecule has 1 aliphatic carbocycles. The molecule has 5 nitrogen and oxygen atoms in total. The molecule has 0 aromatic carbocycles. The number of carbonyl (C=O) groups excluding carboxylic acids is 1. The molecule has 1 fully saturated rings. The second-order valence-corrected chi connectivity index (χ2v) is 5.39. The van der Waals surface area contributed by atoms with E-state index in [0.717, 1.165) is 38.7 Å². The third kappa shape index (κ3) is 7.72. The third-order valence-corrected chi connectivity index (χ3v) is 3.58. The Morgan fingerprint density at radius 1 is 1.33 bits per heavy atom. The zero-order chi connectivity index (χ0) is 15.3. The Kier molecular flexibility index (Phi) is 9.30. The van der Waals surface area contributed by atoms with Crippen molar-refractivity contribution in [1.82, 2.24) is 10.6 Å². The number of unbranched alkanes of at least 4 members (excludes halogenated alkanes) is 1. The summed E-state index contributed by atoms with van der Waals surface area (Å²) in [6, 6.07) is 2.36. The largest absolute Gasteiger partial charge is 0.387 e. The van der Waals surface area contributed by atoms with E-state index in [1.54, 1.807) is 6.20 Å². The molecular weight excluding hydrogens is 266 g/mol. The van der Waals surface area contributed by atoms with Crippen LogP contribution in [0.5, 0.6) is 0 Å². The van der Waals surface area contributed by atoms with Crippen molar-refractivity contribution in [2.75, 3.05) is 19.8 Å². The zero-order valence-corrected chi connectivity index (χ0v) is 13.0. The Bertz CT molecular complexity index is 368. The maximum Gasteiger partial charge on any atom is 0.263 e. The highest BCUT2D eigenvalue weighted by atomic mass is 16.5. The summed E-state index contributed by atoms with van der Waals surface area (Å²) >= 11 is 0. The van der Waals surface area contributed by atoms with Gasteiger partial charge >= 0.3 is 0 Å².